The minimum Gasteiger partial charge on any atom is -0.383 e. The lowest BCUT2D eigenvalue weighted by Gasteiger charge is -2.15. The van der Waals surface area contributed by atoms with Crippen molar-refractivity contribution in [3.63, 3.8) is 0 Å². The molecule has 0 aliphatic carbocycles. The van der Waals surface area contributed by atoms with Gasteiger partial charge < -0.3 is 5.32 Å². The Kier molecular flexibility index (Phi) is 5.33. The van der Waals surface area contributed by atoms with E-state index < -0.39 is 10.0 Å². The summed E-state index contributed by atoms with van der Waals surface area (Å²) in [6.45, 7) is 4.82. The van der Waals surface area contributed by atoms with E-state index in [1.165, 1.54) is 0 Å². The van der Waals surface area contributed by atoms with Gasteiger partial charge in [-0.25, -0.2) is 18.1 Å². The zero-order valence-electron chi connectivity index (χ0n) is 12.0. The summed E-state index contributed by atoms with van der Waals surface area (Å²) in [5, 5.41) is 6.19. The summed E-state index contributed by atoms with van der Waals surface area (Å²) in [7, 11) is -3.47. The molecule has 114 valence electrons. The summed E-state index contributed by atoms with van der Waals surface area (Å²) in [5.74, 6) is 0.222. The van der Waals surface area contributed by atoms with E-state index in [0.29, 0.717) is 18.8 Å². The van der Waals surface area contributed by atoms with Gasteiger partial charge in [0.25, 0.3) is 0 Å². The van der Waals surface area contributed by atoms with E-state index in [4.69, 9.17) is 0 Å². The van der Waals surface area contributed by atoms with Crippen LogP contribution in [0.15, 0.2) is 40.7 Å². The highest BCUT2D eigenvalue weighted by atomic mass is 32.2. The van der Waals surface area contributed by atoms with E-state index in [-0.39, 0.29) is 10.8 Å². The van der Waals surface area contributed by atoms with Crippen LogP contribution in [0, 0.1) is 0 Å². The topological polar surface area (TPSA) is 71.1 Å². The lowest BCUT2D eigenvalue weighted by atomic mass is 10.2. The van der Waals surface area contributed by atoms with Gasteiger partial charge in [-0.15, -0.1) is 11.3 Å². The fourth-order valence-electron chi connectivity index (χ4n) is 1.94. The van der Waals surface area contributed by atoms with Crippen LogP contribution in [-0.4, -0.2) is 26.5 Å². The molecule has 0 bridgehead atoms. The van der Waals surface area contributed by atoms with Crippen molar-refractivity contribution in [1.82, 2.24) is 9.71 Å². The number of aromatic nitrogens is 1. The average Bonchev–Trinajstić information content (AvgIpc) is 2.99. The third-order valence-electron chi connectivity index (χ3n) is 2.98. The molecule has 0 radical (unpaired) electrons. The number of thiazole rings is 1. The van der Waals surface area contributed by atoms with E-state index in [1.54, 1.807) is 42.7 Å². The van der Waals surface area contributed by atoms with Crippen molar-refractivity contribution >= 4 is 27.0 Å². The molecule has 0 fully saturated rings. The molecule has 1 unspecified atom stereocenters. The molecular weight excluding hydrogens is 306 g/mol. The van der Waals surface area contributed by atoms with E-state index in [0.717, 1.165) is 5.01 Å². The Morgan fingerprint density at radius 1 is 1.33 bits per heavy atom. The number of nitrogens with one attached hydrogen (secondary N) is 2. The van der Waals surface area contributed by atoms with Gasteiger partial charge in [-0.3, -0.25) is 0 Å². The molecule has 5 nitrogen and oxygen atoms in total. The van der Waals surface area contributed by atoms with Gasteiger partial charge in [0.15, 0.2) is 0 Å². The van der Waals surface area contributed by atoms with Gasteiger partial charge in [-0.05, 0) is 12.1 Å². The highest BCUT2D eigenvalue weighted by molar-refractivity contribution is 7.89. The van der Waals surface area contributed by atoms with Gasteiger partial charge >= 0.3 is 0 Å². The largest absolute Gasteiger partial charge is 0.383 e. The standard InChI is InChI=1S/C14H19N3O2S2/c1-3-17-21(18,19)13-7-5-4-6-12(13)16-10-11(2)14-15-8-9-20-14/h4-9,11,16-17H,3,10H2,1-2H3. The van der Waals surface area contributed by atoms with Crippen LogP contribution in [0.25, 0.3) is 0 Å². The van der Waals surface area contributed by atoms with E-state index in [9.17, 15) is 8.42 Å². The quantitative estimate of drug-likeness (QED) is 0.821. The summed E-state index contributed by atoms with van der Waals surface area (Å²) in [5.41, 5.74) is 0.613. The predicted molar refractivity (Wildman–Crippen MR) is 86.3 cm³/mol. The average molecular weight is 325 g/mol. The Hall–Kier alpha value is -1.44. The number of hydrogen-bond acceptors (Lipinski definition) is 5. The molecule has 2 rings (SSSR count). The number of hydrogen-bond donors (Lipinski definition) is 2. The first-order valence-corrected chi connectivity index (χ1v) is 9.13. The van der Waals surface area contributed by atoms with Crippen LogP contribution in [0.5, 0.6) is 0 Å². The van der Waals surface area contributed by atoms with Crippen molar-refractivity contribution in [1.29, 1.82) is 0 Å². The molecule has 0 aliphatic rings. The molecule has 1 atom stereocenters. The van der Waals surface area contributed by atoms with Crippen molar-refractivity contribution in [2.24, 2.45) is 0 Å². The van der Waals surface area contributed by atoms with Crippen molar-refractivity contribution < 1.29 is 8.42 Å². The van der Waals surface area contributed by atoms with Gasteiger partial charge in [0.05, 0.1) is 10.7 Å². The monoisotopic (exact) mass is 325 g/mol. The maximum Gasteiger partial charge on any atom is 0.242 e. The van der Waals surface area contributed by atoms with Crippen molar-refractivity contribution in [2.45, 2.75) is 24.7 Å². The van der Waals surface area contributed by atoms with Gasteiger partial charge in [-0.1, -0.05) is 26.0 Å². The van der Waals surface area contributed by atoms with Crippen LogP contribution in [0.3, 0.4) is 0 Å². The molecule has 7 heteroatoms. The molecule has 1 aromatic carbocycles. The molecule has 2 aromatic rings. The highest BCUT2D eigenvalue weighted by Gasteiger charge is 2.17. The summed E-state index contributed by atoms with van der Waals surface area (Å²) in [6.07, 6.45) is 1.78. The molecule has 0 aliphatic heterocycles. The summed E-state index contributed by atoms with van der Waals surface area (Å²) >= 11 is 1.60. The zero-order chi connectivity index (χ0) is 15.3. The molecule has 21 heavy (non-hydrogen) atoms. The second-order valence-corrected chi connectivity index (χ2v) is 7.31. The van der Waals surface area contributed by atoms with Gasteiger partial charge in [0.2, 0.25) is 10.0 Å². The Morgan fingerprint density at radius 2 is 2.10 bits per heavy atom. The summed E-state index contributed by atoms with van der Waals surface area (Å²) < 4.78 is 26.8. The van der Waals surface area contributed by atoms with Crippen LogP contribution in [0.2, 0.25) is 0 Å². The number of sulfonamides is 1. The maximum atomic E-state index is 12.2. The molecule has 0 amide bonds. The first-order valence-electron chi connectivity index (χ1n) is 6.76. The smallest absolute Gasteiger partial charge is 0.242 e. The molecule has 0 saturated carbocycles. The van der Waals surface area contributed by atoms with Gasteiger partial charge in [-0.2, -0.15) is 0 Å². The minimum atomic E-state index is -3.47. The third-order valence-corrected chi connectivity index (χ3v) is 5.59. The number of rotatable bonds is 7. The fourth-order valence-corrected chi connectivity index (χ4v) is 3.86. The molecule has 1 aromatic heterocycles. The van der Waals surface area contributed by atoms with E-state index >= 15 is 0 Å². The summed E-state index contributed by atoms with van der Waals surface area (Å²) in [6, 6.07) is 6.92. The van der Waals surface area contributed by atoms with Gasteiger partial charge in [0, 0.05) is 30.6 Å². The first-order chi connectivity index (χ1) is 10.0. The van der Waals surface area contributed by atoms with Crippen LogP contribution < -0.4 is 10.0 Å². The number of para-hydroxylation sites is 1. The Bertz CT molecular complexity index is 669. The van der Waals surface area contributed by atoms with Crippen LogP contribution >= 0.6 is 11.3 Å². The fraction of sp³-hybridized carbons (Fsp3) is 0.357. The normalized spacial score (nSPS) is 13.0. The molecule has 0 spiro atoms. The maximum absolute atomic E-state index is 12.2. The highest BCUT2D eigenvalue weighted by Crippen LogP contribution is 2.23. The van der Waals surface area contributed by atoms with Gasteiger partial charge in [0.1, 0.15) is 4.90 Å². The van der Waals surface area contributed by atoms with E-state index in [2.05, 4.69) is 21.9 Å². The lowest BCUT2D eigenvalue weighted by Crippen LogP contribution is -2.24. The molecular formula is C14H19N3O2S2. The van der Waals surface area contributed by atoms with Crippen LogP contribution in [0.4, 0.5) is 5.69 Å². The third kappa shape index (κ3) is 4.03. The Morgan fingerprint density at radius 3 is 2.76 bits per heavy atom. The molecule has 2 N–H and O–H groups in total. The van der Waals surface area contributed by atoms with Crippen LogP contribution in [-0.2, 0) is 10.0 Å². The number of nitrogens with zero attached hydrogens (tertiary/aromatic N) is 1. The number of anilines is 1. The molecule has 1 heterocycles. The Balaban J connectivity index is 2.14. The van der Waals surface area contributed by atoms with Crippen molar-refractivity contribution in [3.05, 3.63) is 40.8 Å². The van der Waals surface area contributed by atoms with E-state index in [1.807, 2.05) is 11.4 Å². The second-order valence-electron chi connectivity index (χ2n) is 4.65. The lowest BCUT2D eigenvalue weighted by molar-refractivity contribution is 0.584. The van der Waals surface area contributed by atoms with Crippen molar-refractivity contribution in [2.75, 3.05) is 18.4 Å². The summed E-state index contributed by atoms with van der Waals surface area (Å²) in [4.78, 5) is 4.55. The second kappa shape index (κ2) is 7.02. The number of benzene rings is 1. The molecule has 0 saturated heterocycles. The van der Waals surface area contributed by atoms with Crippen molar-refractivity contribution in [3.8, 4) is 0 Å². The minimum absolute atomic E-state index is 0.222. The SMILES string of the molecule is CCNS(=O)(=O)c1ccccc1NCC(C)c1nccs1. The predicted octanol–water partition coefficient (Wildman–Crippen LogP) is 2.66. The van der Waals surface area contributed by atoms with Crippen LogP contribution in [0.1, 0.15) is 24.8 Å². The first kappa shape index (κ1) is 15.9. The Labute approximate surface area is 129 Å². The zero-order valence-corrected chi connectivity index (χ0v) is 13.7.